The maximum atomic E-state index is 11.0. The molecule has 0 bridgehead atoms. The molecule has 18 heavy (non-hydrogen) atoms. The van der Waals surface area contributed by atoms with Crippen molar-refractivity contribution in [3.05, 3.63) is 21.1 Å². The number of aliphatic hydroxyl groups is 1. The predicted octanol–water partition coefficient (Wildman–Crippen LogP) is 1.85. The molecular formula is C9H13NO5S3. The molecule has 0 unspecified atom stereocenters. The fourth-order valence-electron chi connectivity index (χ4n) is 1.10. The molecule has 1 rings (SSSR count). The van der Waals surface area contributed by atoms with Gasteiger partial charge in [0.25, 0.3) is 5.69 Å². The van der Waals surface area contributed by atoms with E-state index in [0.717, 1.165) is 29.4 Å². The monoisotopic (exact) mass is 311 g/mol. The lowest BCUT2D eigenvalue weighted by Gasteiger charge is -1.98. The Morgan fingerprint density at radius 1 is 1.61 bits per heavy atom. The van der Waals surface area contributed by atoms with Crippen LogP contribution in [0, 0.1) is 10.1 Å². The zero-order valence-electron chi connectivity index (χ0n) is 9.82. The Labute approximate surface area is 113 Å². The molecule has 0 spiro atoms. The molecule has 9 heteroatoms. The summed E-state index contributed by atoms with van der Waals surface area (Å²) in [5.41, 5.74) is -0.0746. The fraction of sp³-hybridized carbons (Fsp3) is 0.556. The number of aliphatic hydroxyl groups excluding tert-OH is 1. The molecule has 0 aliphatic heterocycles. The number of hydrogen-bond acceptors (Lipinski definition) is 7. The Hall–Kier alpha value is -0.640. The highest BCUT2D eigenvalue weighted by atomic mass is 32.2. The number of thioether (sulfide) groups is 1. The van der Waals surface area contributed by atoms with Gasteiger partial charge in [-0.15, -0.1) is 23.1 Å². The molecule has 0 saturated heterocycles. The highest BCUT2D eigenvalue weighted by molar-refractivity contribution is 8.02. The van der Waals surface area contributed by atoms with E-state index in [1.807, 2.05) is 0 Å². The average molecular weight is 311 g/mol. The van der Waals surface area contributed by atoms with Crippen molar-refractivity contribution in [1.82, 2.24) is 0 Å². The molecule has 6 nitrogen and oxygen atoms in total. The lowest BCUT2D eigenvalue weighted by Crippen LogP contribution is -2.04. The van der Waals surface area contributed by atoms with Crippen molar-refractivity contribution >= 4 is 38.6 Å². The first kappa shape index (κ1) is 15.4. The minimum Gasteiger partial charge on any atom is -0.388 e. The molecule has 1 aromatic heterocycles. The SMILES string of the molecule is C[C@@H](O)c1cc([N+](=O)[O-])c(SCCS(C)(=O)=O)s1. The lowest BCUT2D eigenvalue weighted by molar-refractivity contribution is -0.387. The number of sulfone groups is 1. The molecule has 1 N–H and O–H groups in total. The highest BCUT2D eigenvalue weighted by Gasteiger charge is 2.21. The largest absolute Gasteiger partial charge is 0.388 e. The van der Waals surface area contributed by atoms with Gasteiger partial charge in [-0.3, -0.25) is 10.1 Å². The van der Waals surface area contributed by atoms with Gasteiger partial charge in [0.2, 0.25) is 0 Å². The summed E-state index contributed by atoms with van der Waals surface area (Å²) >= 11 is 2.25. The molecule has 0 fully saturated rings. The smallest absolute Gasteiger partial charge is 0.294 e. The standard InChI is InChI=1S/C9H13NO5S3/c1-6(11)8-5-7(10(12)13)9(17-8)16-3-4-18(2,14)15/h5-6,11H,3-4H2,1-2H3/t6-/m1/s1. The van der Waals surface area contributed by atoms with E-state index in [4.69, 9.17) is 0 Å². The summed E-state index contributed by atoms with van der Waals surface area (Å²) in [4.78, 5) is 10.8. The molecule has 0 amide bonds. The van der Waals surface area contributed by atoms with Crippen molar-refractivity contribution in [2.75, 3.05) is 17.8 Å². The number of rotatable bonds is 6. The van der Waals surface area contributed by atoms with Crippen LogP contribution in [-0.2, 0) is 9.84 Å². The molecule has 0 aliphatic carbocycles. The quantitative estimate of drug-likeness (QED) is 0.489. The number of hydrogen-bond donors (Lipinski definition) is 1. The lowest BCUT2D eigenvalue weighted by atomic mass is 10.3. The first-order chi connectivity index (χ1) is 8.20. The van der Waals surface area contributed by atoms with Gasteiger partial charge in [0.15, 0.2) is 0 Å². The van der Waals surface area contributed by atoms with Crippen LogP contribution in [0.1, 0.15) is 17.9 Å². The van der Waals surface area contributed by atoms with E-state index in [1.54, 1.807) is 0 Å². The maximum absolute atomic E-state index is 11.0. The van der Waals surface area contributed by atoms with Crippen molar-refractivity contribution in [3.63, 3.8) is 0 Å². The van der Waals surface area contributed by atoms with Gasteiger partial charge < -0.3 is 5.11 Å². The van der Waals surface area contributed by atoms with E-state index < -0.39 is 20.9 Å². The molecule has 0 saturated carbocycles. The molecule has 1 heterocycles. The van der Waals surface area contributed by atoms with Gasteiger partial charge in [0.1, 0.15) is 14.0 Å². The van der Waals surface area contributed by atoms with E-state index in [1.165, 1.54) is 13.0 Å². The second-order valence-corrected chi connectivity index (χ2v) is 8.44. The van der Waals surface area contributed by atoms with Gasteiger partial charge in [-0.05, 0) is 6.92 Å². The third kappa shape index (κ3) is 4.56. The first-order valence-corrected chi connectivity index (χ1v) is 8.83. The Balaban J connectivity index is 2.83. The minimum absolute atomic E-state index is 0.0310. The van der Waals surface area contributed by atoms with Crippen molar-refractivity contribution in [2.45, 2.75) is 17.2 Å². The van der Waals surface area contributed by atoms with Crippen LogP contribution >= 0.6 is 23.1 Å². The predicted molar refractivity (Wildman–Crippen MR) is 72.0 cm³/mol. The molecule has 0 aromatic carbocycles. The third-order valence-electron chi connectivity index (χ3n) is 1.99. The minimum atomic E-state index is -3.07. The highest BCUT2D eigenvalue weighted by Crippen LogP contribution is 2.39. The Kier molecular flexibility index (Phi) is 5.14. The Bertz CT molecular complexity index is 534. The first-order valence-electron chi connectivity index (χ1n) is 4.97. The number of thiophene rings is 1. The van der Waals surface area contributed by atoms with Gasteiger partial charge in [-0.1, -0.05) is 0 Å². The van der Waals surface area contributed by atoms with E-state index in [9.17, 15) is 23.6 Å². The Morgan fingerprint density at radius 2 is 2.22 bits per heavy atom. The summed E-state index contributed by atoms with van der Waals surface area (Å²) in [5, 5.41) is 20.2. The molecule has 102 valence electrons. The number of nitro groups is 1. The summed E-state index contributed by atoms with van der Waals surface area (Å²) in [7, 11) is -3.07. The van der Waals surface area contributed by atoms with Crippen molar-refractivity contribution in [3.8, 4) is 0 Å². The second-order valence-electron chi connectivity index (χ2n) is 3.73. The van der Waals surface area contributed by atoms with Crippen LogP contribution in [-0.4, -0.2) is 36.2 Å². The van der Waals surface area contributed by atoms with Crippen LogP contribution in [0.4, 0.5) is 5.69 Å². The zero-order chi connectivity index (χ0) is 13.9. The third-order valence-corrected chi connectivity index (χ3v) is 5.77. The summed E-state index contributed by atoms with van der Waals surface area (Å²) in [6, 6.07) is 1.33. The summed E-state index contributed by atoms with van der Waals surface area (Å²) in [6.07, 6.45) is 0.357. The van der Waals surface area contributed by atoms with Gasteiger partial charge in [0.05, 0.1) is 16.8 Å². The van der Waals surface area contributed by atoms with Crippen molar-refractivity contribution < 1.29 is 18.4 Å². The van der Waals surface area contributed by atoms with Crippen molar-refractivity contribution in [1.29, 1.82) is 0 Å². The molecule has 1 aromatic rings. The maximum Gasteiger partial charge on any atom is 0.294 e. The summed E-state index contributed by atoms with van der Waals surface area (Å²) in [6.45, 7) is 1.53. The van der Waals surface area contributed by atoms with Crippen LogP contribution in [0.15, 0.2) is 10.3 Å². The van der Waals surface area contributed by atoms with Gasteiger partial charge in [0, 0.05) is 23.0 Å². The van der Waals surface area contributed by atoms with Crippen LogP contribution in [0.5, 0.6) is 0 Å². The van der Waals surface area contributed by atoms with Crippen LogP contribution in [0.3, 0.4) is 0 Å². The van der Waals surface area contributed by atoms with Gasteiger partial charge >= 0.3 is 0 Å². The zero-order valence-corrected chi connectivity index (χ0v) is 12.3. The average Bonchev–Trinajstić information content (AvgIpc) is 2.59. The Morgan fingerprint density at radius 3 is 2.67 bits per heavy atom. The number of nitrogens with zero attached hydrogens (tertiary/aromatic N) is 1. The molecule has 0 aliphatic rings. The van der Waals surface area contributed by atoms with E-state index in [-0.39, 0.29) is 17.2 Å². The van der Waals surface area contributed by atoms with E-state index in [2.05, 4.69) is 0 Å². The van der Waals surface area contributed by atoms with Gasteiger partial charge in [-0.25, -0.2) is 8.42 Å². The van der Waals surface area contributed by atoms with Crippen LogP contribution < -0.4 is 0 Å². The molecule has 1 atom stereocenters. The summed E-state index contributed by atoms with van der Waals surface area (Å²) in [5.74, 6) is 0.232. The normalized spacial score (nSPS) is 13.5. The topological polar surface area (TPSA) is 97.5 Å². The van der Waals surface area contributed by atoms with Crippen LogP contribution in [0.25, 0.3) is 0 Å². The van der Waals surface area contributed by atoms with E-state index >= 15 is 0 Å². The molecular weight excluding hydrogens is 298 g/mol. The summed E-state index contributed by atoms with van der Waals surface area (Å²) < 4.78 is 22.4. The van der Waals surface area contributed by atoms with Crippen molar-refractivity contribution in [2.24, 2.45) is 0 Å². The van der Waals surface area contributed by atoms with Crippen LogP contribution in [0.2, 0.25) is 0 Å². The fourth-order valence-corrected chi connectivity index (χ4v) is 4.68. The molecule has 0 radical (unpaired) electrons. The van der Waals surface area contributed by atoms with E-state index in [0.29, 0.717) is 9.09 Å². The second kappa shape index (κ2) is 6.00. The van der Waals surface area contributed by atoms with Gasteiger partial charge in [-0.2, -0.15) is 0 Å².